The van der Waals surface area contributed by atoms with E-state index in [1.165, 1.54) is 0 Å². The number of amides is 4. The summed E-state index contributed by atoms with van der Waals surface area (Å²) in [5.74, 6) is 0.889. The SMILES string of the molecule is CC(=O)N1CCc2c(c(N3CCCc4cc(-c5nc6nccn6cc5N5CCN(CC6CCN(c7ccc8c(c7)CN(C7CCC(=O)NC7=O)C8=O)CC6)CC5)c(C(F)F)cc43)nn2C2CCOCC2)C1. The van der Waals surface area contributed by atoms with Crippen molar-refractivity contribution in [2.75, 3.05) is 86.8 Å². The van der Waals surface area contributed by atoms with E-state index in [2.05, 4.69) is 40.6 Å². The van der Waals surface area contributed by atoms with Crippen LogP contribution < -0.4 is 20.0 Å². The molecular formula is C52H60F2N12O5. The number of benzene rings is 2. The fraction of sp³-hybridized carbons (Fsp3) is 0.519. The van der Waals surface area contributed by atoms with Gasteiger partial charge in [-0.05, 0) is 92.3 Å². The van der Waals surface area contributed by atoms with E-state index < -0.39 is 18.4 Å². The van der Waals surface area contributed by atoms with Crippen LogP contribution >= 0.6 is 0 Å². The van der Waals surface area contributed by atoms with E-state index >= 15 is 8.78 Å². The van der Waals surface area contributed by atoms with Gasteiger partial charge in [0.15, 0.2) is 5.82 Å². The van der Waals surface area contributed by atoms with Gasteiger partial charge in [-0.25, -0.2) is 18.7 Å². The summed E-state index contributed by atoms with van der Waals surface area (Å²) in [5.41, 5.74) is 8.13. The zero-order valence-electron chi connectivity index (χ0n) is 40.2. The van der Waals surface area contributed by atoms with Gasteiger partial charge in [-0.2, -0.15) is 5.10 Å². The molecule has 17 nitrogen and oxygen atoms in total. The molecule has 0 bridgehead atoms. The minimum Gasteiger partial charge on any atom is -0.381 e. The van der Waals surface area contributed by atoms with Gasteiger partial charge in [0.25, 0.3) is 12.3 Å². The quantitative estimate of drug-likeness (QED) is 0.181. The van der Waals surface area contributed by atoms with Crippen molar-refractivity contribution < 1.29 is 32.7 Å². The molecule has 0 spiro atoms. The Labute approximate surface area is 410 Å². The van der Waals surface area contributed by atoms with Crippen LogP contribution in [0.5, 0.6) is 0 Å². The first-order valence-corrected chi connectivity index (χ1v) is 25.5. The Morgan fingerprint density at radius 2 is 1.66 bits per heavy atom. The molecule has 0 aliphatic carbocycles. The van der Waals surface area contributed by atoms with Crippen molar-refractivity contribution in [3.63, 3.8) is 0 Å². The molecule has 1 N–H and O–H groups in total. The third-order valence-electron chi connectivity index (χ3n) is 16.2. The number of imide groups is 1. The van der Waals surface area contributed by atoms with Crippen molar-refractivity contribution >= 4 is 52.3 Å². The van der Waals surface area contributed by atoms with Crippen LogP contribution in [0.1, 0.15) is 103 Å². The molecule has 4 saturated heterocycles. The summed E-state index contributed by atoms with van der Waals surface area (Å²) < 4.78 is 41.0. The predicted octanol–water partition coefficient (Wildman–Crippen LogP) is 5.67. The Kier molecular flexibility index (Phi) is 12.0. The highest BCUT2D eigenvalue weighted by Gasteiger charge is 2.40. The first-order valence-electron chi connectivity index (χ1n) is 25.5. The summed E-state index contributed by atoms with van der Waals surface area (Å²) >= 11 is 0. The lowest BCUT2D eigenvalue weighted by molar-refractivity contribution is -0.137. The number of fused-ring (bicyclic) bond motifs is 4. The maximum atomic E-state index is 15.7. The van der Waals surface area contributed by atoms with E-state index in [9.17, 15) is 19.2 Å². The van der Waals surface area contributed by atoms with Crippen molar-refractivity contribution in [3.8, 4) is 11.3 Å². The van der Waals surface area contributed by atoms with E-state index in [-0.39, 0.29) is 35.7 Å². The van der Waals surface area contributed by atoms with E-state index in [4.69, 9.17) is 14.8 Å². The van der Waals surface area contributed by atoms with Crippen LogP contribution in [-0.4, -0.2) is 141 Å². The molecule has 3 aromatic heterocycles. The molecule has 4 fully saturated rings. The van der Waals surface area contributed by atoms with E-state index in [1.807, 2.05) is 39.9 Å². The first-order chi connectivity index (χ1) is 34.5. The number of anilines is 4. The standard InChI is InChI=1S/C52H60F2N12O5/c1-32(67)62-17-10-42-41(30-62)49(58-66(42)36-11-23-71-24-12-36)64-14-2-3-34-26-39(40(48(53)54)27-44(34)64)47-45(31-63-18-13-55-52(63)57-47)61-21-19-59(20-22-61)28-33-8-15-60(16-9-33)37-4-5-38-35(25-37)29-65(51(38)70)43-6-7-46(68)56-50(43)69/h4-5,13,18,25-27,31,33,36,43,48H,2-3,6-12,14-17,19-24,28-30H2,1H3,(H,56,68,69). The number of nitrogens with zero attached hydrogens (tertiary/aromatic N) is 11. The number of carbonyl (C=O) groups excluding carboxylic acids is 4. The molecule has 2 aromatic carbocycles. The molecule has 1 unspecified atom stereocenters. The zero-order valence-corrected chi connectivity index (χ0v) is 40.2. The van der Waals surface area contributed by atoms with Crippen molar-refractivity contribution in [1.82, 2.24) is 44.2 Å². The van der Waals surface area contributed by atoms with E-state index in [0.717, 1.165) is 130 Å². The number of piperidine rings is 2. The topological polar surface area (TPSA) is 157 Å². The van der Waals surface area contributed by atoms with Crippen molar-refractivity contribution in [2.24, 2.45) is 5.92 Å². The molecular weight excluding hydrogens is 911 g/mol. The highest BCUT2D eigenvalue weighted by molar-refractivity contribution is 6.05. The molecule has 7 aliphatic heterocycles. The second kappa shape index (κ2) is 18.6. The number of ether oxygens (including phenoxy) is 1. The number of carbonyl (C=O) groups is 4. The largest absolute Gasteiger partial charge is 0.381 e. The maximum Gasteiger partial charge on any atom is 0.264 e. The number of aryl methyl sites for hydroxylation is 1. The number of nitrogens with one attached hydrogen (secondary N) is 1. The normalized spacial score (nSPS) is 21.6. The van der Waals surface area contributed by atoms with Gasteiger partial charge in [-0.15, -0.1) is 0 Å². The van der Waals surface area contributed by atoms with Gasteiger partial charge in [0.1, 0.15) is 6.04 Å². The summed E-state index contributed by atoms with van der Waals surface area (Å²) in [5, 5.41) is 7.66. The Hall–Kier alpha value is -6.47. The number of alkyl halides is 2. The minimum atomic E-state index is -2.77. The Balaban J connectivity index is 0.748. The number of piperazine rings is 1. The molecule has 7 aliphatic rings. The highest BCUT2D eigenvalue weighted by Crippen LogP contribution is 2.45. The Morgan fingerprint density at radius 1 is 0.845 bits per heavy atom. The second-order valence-corrected chi connectivity index (χ2v) is 20.4. The number of rotatable bonds is 9. The Morgan fingerprint density at radius 3 is 2.44 bits per heavy atom. The minimum absolute atomic E-state index is 0.0122. The fourth-order valence-corrected chi connectivity index (χ4v) is 12.3. The molecule has 10 heterocycles. The molecule has 4 amide bonds. The van der Waals surface area contributed by atoms with Gasteiger partial charge in [0.2, 0.25) is 23.5 Å². The van der Waals surface area contributed by atoms with Gasteiger partial charge in [-0.1, -0.05) is 0 Å². The molecule has 19 heteroatoms. The highest BCUT2D eigenvalue weighted by atomic mass is 19.3. The molecule has 0 saturated carbocycles. The van der Waals surface area contributed by atoms with Crippen LogP contribution in [0.15, 0.2) is 48.9 Å². The van der Waals surface area contributed by atoms with Gasteiger partial charge in [-0.3, -0.25) is 38.5 Å². The Bertz CT molecular complexity index is 2920. The summed E-state index contributed by atoms with van der Waals surface area (Å²) in [6.45, 7) is 10.9. The van der Waals surface area contributed by atoms with Crippen LogP contribution in [0.3, 0.4) is 0 Å². The number of aromatic nitrogens is 5. The summed E-state index contributed by atoms with van der Waals surface area (Å²) in [7, 11) is 0. The predicted molar refractivity (Wildman–Crippen MR) is 261 cm³/mol. The molecule has 12 rings (SSSR count). The van der Waals surface area contributed by atoms with E-state index in [0.29, 0.717) is 80.8 Å². The summed E-state index contributed by atoms with van der Waals surface area (Å²) in [6.07, 6.45) is 9.35. The lowest BCUT2D eigenvalue weighted by Gasteiger charge is -2.40. The van der Waals surface area contributed by atoms with Crippen LogP contribution in [-0.2, 0) is 45.1 Å². The summed E-state index contributed by atoms with van der Waals surface area (Å²) in [4.78, 5) is 72.6. The maximum absolute atomic E-state index is 15.7. The smallest absolute Gasteiger partial charge is 0.264 e. The number of imidazole rings is 1. The van der Waals surface area contributed by atoms with Crippen molar-refractivity contribution in [3.05, 3.63) is 82.4 Å². The van der Waals surface area contributed by atoms with Crippen molar-refractivity contribution in [1.29, 1.82) is 0 Å². The lowest BCUT2D eigenvalue weighted by Crippen LogP contribution is -2.52. The van der Waals surface area contributed by atoms with Crippen LogP contribution in [0.2, 0.25) is 0 Å². The molecule has 5 aromatic rings. The average molecular weight is 971 g/mol. The van der Waals surface area contributed by atoms with Crippen LogP contribution in [0.25, 0.3) is 17.0 Å². The monoisotopic (exact) mass is 970 g/mol. The second-order valence-electron chi connectivity index (χ2n) is 20.4. The fourth-order valence-electron chi connectivity index (χ4n) is 12.3. The van der Waals surface area contributed by atoms with E-state index in [1.54, 1.807) is 24.1 Å². The number of halogens is 2. The molecule has 71 heavy (non-hydrogen) atoms. The molecule has 1 atom stereocenters. The van der Waals surface area contributed by atoms with Crippen LogP contribution in [0, 0.1) is 5.92 Å². The number of hydrogen-bond donors (Lipinski definition) is 1. The summed E-state index contributed by atoms with van der Waals surface area (Å²) in [6, 6.07) is 9.15. The van der Waals surface area contributed by atoms with Gasteiger partial charge >= 0.3 is 0 Å². The first kappa shape index (κ1) is 45.7. The average Bonchev–Trinajstić information content (AvgIpc) is 4.11. The third kappa shape index (κ3) is 8.47. The third-order valence-corrected chi connectivity index (χ3v) is 16.2. The van der Waals surface area contributed by atoms with Crippen LogP contribution in [0.4, 0.5) is 31.7 Å². The zero-order chi connectivity index (χ0) is 48.5. The molecule has 372 valence electrons. The lowest BCUT2D eigenvalue weighted by atomic mass is 9.92. The van der Waals surface area contributed by atoms with Gasteiger partial charge in [0.05, 0.1) is 24.0 Å². The molecule has 0 radical (unpaired) electrons. The van der Waals surface area contributed by atoms with Gasteiger partial charge < -0.3 is 29.2 Å². The number of hydrogen-bond acceptors (Lipinski definition) is 12. The van der Waals surface area contributed by atoms with Crippen molar-refractivity contribution in [2.45, 2.75) is 96.3 Å². The van der Waals surface area contributed by atoms with Gasteiger partial charge in [0, 0.05) is 156 Å².